The number of carbonyl (C=O) groups is 1. The number of carbonyl (C=O) groups excluding carboxylic acids is 1. The second-order valence-corrected chi connectivity index (χ2v) is 12.8. The highest BCUT2D eigenvalue weighted by Crippen LogP contribution is 2.37. The van der Waals surface area contributed by atoms with Gasteiger partial charge >= 0.3 is 0 Å². The molecule has 10 heteroatoms. The quantitative estimate of drug-likeness (QED) is 0.131. The summed E-state index contributed by atoms with van der Waals surface area (Å²) < 4.78 is 13.8. The normalized spacial score (nSPS) is 11.6. The van der Waals surface area contributed by atoms with Crippen LogP contribution in [0.3, 0.4) is 0 Å². The molecule has 0 saturated carbocycles. The van der Waals surface area contributed by atoms with Crippen LogP contribution in [0.15, 0.2) is 94.7 Å². The van der Waals surface area contributed by atoms with Crippen LogP contribution in [0.4, 0.5) is 0 Å². The Morgan fingerprint density at radius 1 is 0.738 bits per heavy atom. The first kappa shape index (κ1) is 30.1. The molecule has 2 aromatic heterocycles. The molecular weight excluding hydrogens is 605 g/mol. The van der Waals surface area contributed by atoms with Gasteiger partial charge in [-0.3, -0.25) is 4.79 Å². The number of thiazole rings is 2. The van der Waals surface area contributed by atoms with Crippen molar-refractivity contribution in [2.45, 2.75) is 29.7 Å². The number of aliphatic hydroxyl groups is 1. The largest absolute Gasteiger partial charge is 0.431 e. The maximum absolute atomic E-state index is 11.2. The van der Waals surface area contributed by atoms with Gasteiger partial charge in [0.15, 0.2) is 5.78 Å². The molecule has 1 unspecified atom stereocenters. The molecule has 214 valence electrons. The molecule has 0 aliphatic carbocycles. The van der Waals surface area contributed by atoms with Crippen LogP contribution in [0.5, 0.6) is 21.9 Å². The highest BCUT2D eigenvalue weighted by atomic mass is 32.2. The summed E-state index contributed by atoms with van der Waals surface area (Å²) in [4.78, 5) is 22.7. The fourth-order valence-corrected chi connectivity index (χ4v) is 6.98. The minimum Gasteiger partial charge on any atom is -0.431 e. The Bertz CT molecular complexity index is 1810. The third kappa shape index (κ3) is 7.14. The van der Waals surface area contributed by atoms with Crippen LogP contribution in [0, 0.1) is 0 Å². The topological polar surface area (TPSA) is 81.5 Å². The minimum absolute atomic E-state index is 0.0474. The van der Waals surface area contributed by atoms with Crippen molar-refractivity contribution in [2.24, 2.45) is 0 Å². The van der Waals surface area contributed by atoms with Gasteiger partial charge in [-0.25, -0.2) is 9.97 Å². The summed E-state index contributed by atoms with van der Waals surface area (Å²) in [6.45, 7) is 3.29. The zero-order valence-corrected chi connectivity index (χ0v) is 26.6. The molecule has 0 aliphatic heterocycles. The average Bonchev–Trinajstić information content (AvgIpc) is 3.61. The molecule has 0 spiro atoms. The Balaban J connectivity index is 0.000000168. The number of ether oxygens (including phenoxy) is 2. The molecule has 0 aliphatic rings. The highest BCUT2D eigenvalue weighted by Gasteiger charge is 2.11. The summed E-state index contributed by atoms with van der Waals surface area (Å²) >= 11 is 6.41. The van der Waals surface area contributed by atoms with Crippen LogP contribution in [0.2, 0.25) is 0 Å². The van der Waals surface area contributed by atoms with Crippen LogP contribution in [-0.4, -0.2) is 33.4 Å². The lowest BCUT2D eigenvalue weighted by molar-refractivity contribution is 0.101. The number of aromatic nitrogens is 2. The molecular formula is C32H28N2O4S4. The molecule has 0 amide bonds. The molecule has 0 fully saturated rings. The average molecular weight is 633 g/mol. The van der Waals surface area contributed by atoms with E-state index < -0.39 is 6.10 Å². The van der Waals surface area contributed by atoms with E-state index in [9.17, 15) is 9.90 Å². The van der Waals surface area contributed by atoms with Crippen molar-refractivity contribution in [1.82, 2.24) is 9.97 Å². The number of aliphatic hydroxyl groups excluding tert-OH is 1. The maximum Gasteiger partial charge on any atom is 0.279 e. The minimum atomic E-state index is -0.467. The molecule has 0 saturated heterocycles. The highest BCUT2D eigenvalue weighted by molar-refractivity contribution is 7.99. The lowest BCUT2D eigenvalue weighted by atomic mass is 10.1. The van der Waals surface area contributed by atoms with Crippen LogP contribution in [0.25, 0.3) is 20.4 Å². The third-order valence-corrected chi connectivity index (χ3v) is 9.53. The molecule has 2 heterocycles. The van der Waals surface area contributed by atoms with E-state index in [0.29, 0.717) is 21.7 Å². The Kier molecular flexibility index (Phi) is 9.81. The van der Waals surface area contributed by atoms with E-state index in [1.807, 2.05) is 55.0 Å². The summed E-state index contributed by atoms with van der Waals surface area (Å²) in [6.07, 6.45) is 3.61. The number of nitrogens with zero attached hydrogens (tertiary/aromatic N) is 2. The van der Waals surface area contributed by atoms with Crippen molar-refractivity contribution in [2.75, 3.05) is 12.5 Å². The first-order valence-corrected chi connectivity index (χ1v) is 17.0. The molecule has 6 aromatic rings. The number of fused-ring (bicyclic) bond motifs is 2. The Labute approximate surface area is 260 Å². The van der Waals surface area contributed by atoms with Gasteiger partial charge in [-0.2, -0.15) is 0 Å². The molecule has 6 rings (SSSR count). The van der Waals surface area contributed by atoms with Crippen molar-refractivity contribution in [3.05, 3.63) is 96.1 Å². The molecule has 6 nitrogen and oxygen atoms in total. The first-order valence-electron chi connectivity index (χ1n) is 13.0. The summed E-state index contributed by atoms with van der Waals surface area (Å²) in [6, 6.07) is 26.8. The van der Waals surface area contributed by atoms with Gasteiger partial charge in [-0.15, -0.1) is 23.5 Å². The maximum atomic E-state index is 11.2. The van der Waals surface area contributed by atoms with Gasteiger partial charge in [-0.1, -0.05) is 46.9 Å². The smallest absolute Gasteiger partial charge is 0.279 e. The van der Waals surface area contributed by atoms with Gasteiger partial charge in [0.1, 0.15) is 11.5 Å². The molecule has 42 heavy (non-hydrogen) atoms. The lowest BCUT2D eigenvalue weighted by Crippen LogP contribution is -1.91. The molecule has 4 aromatic carbocycles. The Morgan fingerprint density at radius 2 is 1.19 bits per heavy atom. The van der Waals surface area contributed by atoms with E-state index in [0.717, 1.165) is 41.5 Å². The Morgan fingerprint density at radius 3 is 1.60 bits per heavy atom. The van der Waals surface area contributed by atoms with E-state index in [2.05, 4.69) is 28.2 Å². The molecule has 1 N–H and O–H groups in total. The number of hydrogen-bond acceptors (Lipinski definition) is 10. The van der Waals surface area contributed by atoms with E-state index in [4.69, 9.17) is 9.47 Å². The van der Waals surface area contributed by atoms with Crippen molar-refractivity contribution in [1.29, 1.82) is 0 Å². The number of rotatable bonds is 8. The van der Waals surface area contributed by atoms with Crippen LogP contribution < -0.4 is 9.47 Å². The van der Waals surface area contributed by atoms with Crippen LogP contribution in [0.1, 0.15) is 35.9 Å². The fourth-order valence-electron chi connectivity index (χ4n) is 4.00. The van der Waals surface area contributed by atoms with E-state index in [-0.39, 0.29) is 5.78 Å². The third-order valence-electron chi connectivity index (χ3n) is 6.20. The molecule has 0 radical (unpaired) electrons. The van der Waals surface area contributed by atoms with Gasteiger partial charge in [0.25, 0.3) is 10.4 Å². The number of thioether (sulfide) groups is 2. The van der Waals surface area contributed by atoms with E-state index in [1.54, 1.807) is 61.6 Å². The predicted octanol–water partition coefficient (Wildman–Crippen LogP) is 9.88. The number of ketones is 1. The zero-order valence-electron chi connectivity index (χ0n) is 23.4. The predicted molar refractivity (Wildman–Crippen MR) is 176 cm³/mol. The van der Waals surface area contributed by atoms with Gasteiger partial charge in [-0.05, 0) is 92.6 Å². The molecule has 1 atom stereocenters. The van der Waals surface area contributed by atoms with E-state index >= 15 is 0 Å². The van der Waals surface area contributed by atoms with Crippen molar-refractivity contribution >= 4 is 72.4 Å². The van der Waals surface area contributed by atoms with Crippen molar-refractivity contribution in [3.8, 4) is 21.9 Å². The summed E-state index contributed by atoms with van der Waals surface area (Å²) in [5.41, 5.74) is 3.52. The molecule has 0 bridgehead atoms. The van der Waals surface area contributed by atoms with Crippen molar-refractivity contribution in [3.63, 3.8) is 0 Å². The number of Topliss-reactive ketones (excluding diaryl/α,β-unsaturated/α-hetero) is 1. The lowest BCUT2D eigenvalue weighted by Gasteiger charge is -2.05. The summed E-state index contributed by atoms with van der Waals surface area (Å²) in [7, 11) is 0. The van der Waals surface area contributed by atoms with Gasteiger partial charge in [0.05, 0.1) is 26.5 Å². The number of hydrogen-bond donors (Lipinski definition) is 1. The summed E-state index contributed by atoms with van der Waals surface area (Å²) in [5, 5.41) is 10.8. The second-order valence-electron chi connectivity index (χ2n) is 9.10. The van der Waals surface area contributed by atoms with Crippen molar-refractivity contribution < 1.29 is 19.4 Å². The number of para-hydroxylation sites is 2. The van der Waals surface area contributed by atoms with Gasteiger partial charge in [0.2, 0.25) is 0 Å². The van der Waals surface area contributed by atoms with Crippen LogP contribution in [-0.2, 0) is 0 Å². The Hall–Kier alpha value is -3.41. The summed E-state index contributed by atoms with van der Waals surface area (Å²) in [5.74, 6) is 1.46. The second kappa shape index (κ2) is 13.7. The van der Waals surface area contributed by atoms with Gasteiger partial charge < -0.3 is 14.6 Å². The van der Waals surface area contributed by atoms with E-state index in [1.165, 1.54) is 22.7 Å². The standard InChI is InChI=1S/C16H15NO2S2.C16H13NO2S2/c2*1-10(18)11-6-8-12(9-7-11)19-16-17-15-13(20-2)4-3-5-14(15)21-16/h3-10,18H,1-2H3;3-9H,1-2H3. The fraction of sp³-hybridized carbons (Fsp3) is 0.156. The van der Waals surface area contributed by atoms with Crippen LogP contribution >= 0.6 is 46.2 Å². The van der Waals surface area contributed by atoms with Gasteiger partial charge in [0, 0.05) is 15.4 Å². The SMILES string of the molecule is CSc1cccc2sc(Oc3ccc(C(C)=O)cc3)nc12.CSc1cccc2sc(Oc3ccc(C(C)O)cc3)nc12. The first-order chi connectivity index (χ1) is 20.3. The number of benzene rings is 4. The monoisotopic (exact) mass is 632 g/mol. The zero-order chi connectivity index (χ0) is 29.6.